The molecule has 1 aromatic rings. The Morgan fingerprint density at radius 2 is 1.95 bits per heavy atom. The van der Waals surface area contributed by atoms with Crippen molar-refractivity contribution in [3.8, 4) is 5.75 Å². The summed E-state index contributed by atoms with van der Waals surface area (Å²) in [6, 6.07) is 6.09. The third-order valence-corrected chi connectivity index (χ3v) is 2.56. The maximum Gasteiger partial charge on any atom is 0.308 e. The Morgan fingerprint density at radius 3 is 2.47 bits per heavy atom. The van der Waals surface area contributed by atoms with Gasteiger partial charge in [0, 0.05) is 6.04 Å². The molecule has 0 unspecified atom stereocenters. The predicted molar refractivity (Wildman–Crippen MR) is 76.4 cm³/mol. The van der Waals surface area contributed by atoms with Gasteiger partial charge in [0.15, 0.2) is 0 Å². The molecule has 0 spiro atoms. The third kappa shape index (κ3) is 4.81. The van der Waals surface area contributed by atoms with E-state index in [2.05, 4.69) is 19.2 Å². The second-order valence-electron chi connectivity index (χ2n) is 5.10. The van der Waals surface area contributed by atoms with Crippen LogP contribution in [0.3, 0.4) is 0 Å². The van der Waals surface area contributed by atoms with Gasteiger partial charge in [0.2, 0.25) is 0 Å². The minimum atomic E-state index is -0.191. The summed E-state index contributed by atoms with van der Waals surface area (Å²) in [4.78, 5) is 11.4. The van der Waals surface area contributed by atoms with E-state index >= 15 is 0 Å². The van der Waals surface area contributed by atoms with Crippen LogP contribution >= 0.6 is 0 Å². The van der Waals surface area contributed by atoms with E-state index in [1.54, 1.807) is 7.11 Å². The number of esters is 1. The van der Waals surface area contributed by atoms with E-state index in [1.165, 1.54) is 0 Å². The van der Waals surface area contributed by atoms with Crippen molar-refractivity contribution in [1.82, 2.24) is 0 Å². The Bertz CT molecular complexity index is 427. The third-order valence-electron chi connectivity index (χ3n) is 2.56. The number of ether oxygens (including phenoxy) is 2. The van der Waals surface area contributed by atoms with Crippen LogP contribution in [-0.2, 0) is 16.1 Å². The molecule has 0 heterocycles. The molecule has 4 nitrogen and oxygen atoms in total. The Morgan fingerprint density at radius 1 is 1.26 bits per heavy atom. The van der Waals surface area contributed by atoms with Crippen molar-refractivity contribution in [2.24, 2.45) is 5.92 Å². The van der Waals surface area contributed by atoms with Crippen LogP contribution in [0.5, 0.6) is 5.75 Å². The Kier molecular flexibility index (Phi) is 5.67. The molecule has 0 bridgehead atoms. The van der Waals surface area contributed by atoms with Crippen LogP contribution in [0, 0.1) is 5.92 Å². The topological polar surface area (TPSA) is 47.6 Å². The molecule has 0 atom stereocenters. The first kappa shape index (κ1) is 15.3. The normalized spacial score (nSPS) is 10.7. The van der Waals surface area contributed by atoms with E-state index in [4.69, 9.17) is 9.47 Å². The summed E-state index contributed by atoms with van der Waals surface area (Å²) < 4.78 is 10.5. The highest BCUT2D eigenvalue weighted by Crippen LogP contribution is 2.26. The Labute approximate surface area is 115 Å². The van der Waals surface area contributed by atoms with E-state index in [1.807, 2.05) is 32.0 Å². The second kappa shape index (κ2) is 7.02. The van der Waals surface area contributed by atoms with Crippen LogP contribution < -0.4 is 10.1 Å². The summed E-state index contributed by atoms with van der Waals surface area (Å²) >= 11 is 0. The number of carbonyl (C=O) groups is 1. The highest BCUT2D eigenvalue weighted by atomic mass is 16.5. The van der Waals surface area contributed by atoms with E-state index < -0.39 is 0 Å². The number of hydrogen-bond donors (Lipinski definition) is 1. The van der Waals surface area contributed by atoms with E-state index in [0.29, 0.717) is 6.04 Å². The molecule has 0 aromatic heterocycles. The number of hydrogen-bond acceptors (Lipinski definition) is 4. The smallest absolute Gasteiger partial charge is 0.308 e. The lowest BCUT2D eigenvalue weighted by molar-refractivity contribution is -0.148. The second-order valence-corrected chi connectivity index (χ2v) is 5.10. The van der Waals surface area contributed by atoms with Crippen LogP contribution in [0.4, 0.5) is 5.69 Å². The first-order valence-electron chi connectivity index (χ1n) is 6.54. The molecular weight excluding hydrogens is 242 g/mol. The Hall–Kier alpha value is -1.71. The van der Waals surface area contributed by atoms with Gasteiger partial charge in [0.25, 0.3) is 0 Å². The van der Waals surface area contributed by atoms with E-state index in [-0.39, 0.29) is 18.5 Å². The summed E-state index contributed by atoms with van der Waals surface area (Å²) in [5.74, 6) is 0.457. The van der Waals surface area contributed by atoms with Crippen molar-refractivity contribution in [2.45, 2.75) is 40.3 Å². The van der Waals surface area contributed by atoms with Gasteiger partial charge in [-0.05, 0) is 31.5 Å². The van der Waals surface area contributed by atoms with Crippen LogP contribution in [0.15, 0.2) is 18.2 Å². The molecule has 0 aliphatic rings. The number of benzene rings is 1. The summed E-state index contributed by atoms with van der Waals surface area (Å²) in [6.07, 6.45) is 0. The number of anilines is 1. The summed E-state index contributed by atoms with van der Waals surface area (Å²) in [7, 11) is 1.63. The largest absolute Gasteiger partial charge is 0.495 e. The van der Waals surface area contributed by atoms with Crippen molar-refractivity contribution in [2.75, 3.05) is 12.4 Å². The lowest BCUT2D eigenvalue weighted by atomic mass is 10.2. The molecule has 0 amide bonds. The van der Waals surface area contributed by atoms with Gasteiger partial charge < -0.3 is 14.8 Å². The van der Waals surface area contributed by atoms with Gasteiger partial charge in [-0.25, -0.2) is 0 Å². The van der Waals surface area contributed by atoms with Gasteiger partial charge in [-0.1, -0.05) is 19.9 Å². The van der Waals surface area contributed by atoms with Crippen molar-refractivity contribution in [1.29, 1.82) is 0 Å². The molecule has 19 heavy (non-hydrogen) atoms. The Balaban J connectivity index is 2.74. The fourth-order valence-electron chi connectivity index (χ4n) is 1.58. The van der Waals surface area contributed by atoms with Gasteiger partial charge in [0.1, 0.15) is 12.4 Å². The molecular formula is C15H23NO3. The summed E-state index contributed by atoms with van der Waals surface area (Å²) in [5, 5.41) is 3.30. The zero-order valence-electron chi connectivity index (χ0n) is 12.3. The maximum absolute atomic E-state index is 11.4. The minimum Gasteiger partial charge on any atom is -0.495 e. The highest BCUT2D eigenvalue weighted by Gasteiger charge is 2.10. The average Bonchev–Trinajstić information content (AvgIpc) is 2.36. The van der Waals surface area contributed by atoms with E-state index in [0.717, 1.165) is 17.0 Å². The van der Waals surface area contributed by atoms with Crippen LogP contribution in [-0.4, -0.2) is 19.1 Å². The zero-order valence-corrected chi connectivity index (χ0v) is 12.3. The zero-order chi connectivity index (χ0) is 14.4. The predicted octanol–water partition coefficient (Wildman–Crippen LogP) is 3.21. The van der Waals surface area contributed by atoms with Gasteiger partial charge in [-0.15, -0.1) is 0 Å². The molecule has 1 N–H and O–H groups in total. The minimum absolute atomic E-state index is 0.108. The molecule has 0 fully saturated rings. The molecule has 1 rings (SSSR count). The number of carbonyl (C=O) groups excluding carboxylic acids is 1. The van der Waals surface area contributed by atoms with Crippen molar-refractivity contribution in [3.63, 3.8) is 0 Å². The molecule has 0 aliphatic heterocycles. The van der Waals surface area contributed by atoms with Crippen LogP contribution in [0.2, 0.25) is 0 Å². The molecule has 4 heteroatoms. The molecule has 106 valence electrons. The first-order chi connectivity index (χ1) is 8.93. The van der Waals surface area contributed by atoms with Gasteiger partial charge >= 0.3 is 5.97 Å². The average molecular weight is 265 g/mol. The van der Waals surface area contributed by atoms with E-state index in [9.17, 15) is 4.79 Å². The quantitative estimate of drug-likeness (QED) is 0.802. The molecule has 0 saturated heterocycles. The fourth-order valence-corrected chi connectivity index (χ4v) is 1.58. The van der Waals surface area contributed by atoms with Crippen molar-refractivity contribution in [3.05, 3.63) is 23.8 Å². The number of methoxy groups -OCH3 is 1. The molecule has 0 aliphatic carbocycles. The van der Waals surface area contributed by atoms with Crippen molar-refractivity contribution >= 4 is 11.7 Å². The fraction of sp³-hybridized carbons (Fsp3) is 0.533. The molecule has 0 saturated carbocycles. The lowest BCUT2D eigenvalue weighted by Crippen LogP contribution is -2.12. The monoisotopic (exact) mass is 265 g/mol. The van der Waals surface area contributed by atoms with Gasteiger partial charge in [-0.3, -0.25) is 4.79 Å². The highest BCUT2D eigenvalue weighted by molar-refractivity contribution is 5.71. The standard InChI is InChI=1S/C15H23NO3/c1-10(2)15(17)19-9-12-6-7-13(16-11(3)4)14(8-12)18-5/h6-8,10-11,16H,9H2,1-5H3. The molecule has 0 radical (unpaired) electrons. The number of nitrogens with one attached hydrogen (secondary N) is 1. The first-order valence-corrected chi connectivity index (χ1v) is 6.54. The van der Waals surface area contributed by atoms with Gasteiger partial charge in [-0.2, -0.15) is 0 Å². The van der Waals surface area contributed by atoms with Gasteiger partial charge in [0.05, 0.1) is 18.7 Å². The maximum atomic E-state index is 11.4. The van der Waals surface area contributed by atoms with Crippen LogP contribution in [0.25, 0.3) is 0 Å². The summed E-state index contributed by atoms with van der Waals surface area (Å²) in [6.45, 7) is 8.04. The lowest BCUT2D eigenvalue weighted by Gasteiger charge is -2.15. The summed E-state index contributed by atoms with van der Waals surface area (Å²) in [5.41, 5.74) is 1.86. The number of rotatable bonds is 6. The molecule has 1 aromatic carbocycles. The van der Waals surface area contributed by atoms with Crippen LogP contribution in [0.1, 0.15) is 33.3 Å². The van der Waals surface area contributed by atoms with Crippen molar-refractivity contribution < 1.29 is 14.3 Å². The SMILES string of the molecule is COc1cc(COC(=O)C(C)C)ccc1NC(C)C.